The molecule has 0 amide bonds. The van der Waals surface area contributed by atoms with Crippen molar-refractivity contribution in [3.05, 3.63) is 71.0 Å². The summed E-state index contributed by atoms with van der Waals surface area (Å²) < 4.78 is 23.1. The quantitative estimate of drug-likeness (QED) is 0.798. The highest BCUT2D eigenvalue weighted by Crippen LogP contribution is 2.36. The second-order valence-corrected chi connectivity index (χ2v) is 7.54. The van der Waals surface area contributed by atoms with Gasteiger partial charge in [-0.15, -0.1) is 0 Å². The van der Waals surface area contributed by atoms with Gasteiger partial charge in [-0.05, 0) is 47.4 Å². The average molecular weight is 332 g/mol. The van der Waals surface area contributed by atoms with E-state index >= 15 is 0 Å². The number of pyridine rings is 1. The zero-order valence-electron chi connectivity index (χ0n) is 12.0. The van der Waals surface area contributed by atoms with E-state index < -0.39 is 9.84 Å². The Morgan fingerprint density at radius 3 is 2.09 bits per heavy atom. The molecule has 5 heteroatoms. The molecule has 22 heavy (non-hydrogen) atoms. The van der Waals surface area contributed by atoms with Crippen molar-refractivity contribution in [3.63, 3.8) is 0 Å². The third-order valence-electron chi connectivity index (χ3n) is 3.57. The van der Waals surface area contributed by atoms with Crippen molar-refractivity contribution >= 4 is 32.6 Å². The van der Waals surface area contributed by atoms with Crippen LogP contribution in [0.3, 0.4) is 0 Å². The molecule has 0 fully saturated rings. The lowest BCUT2D eigenvalue weighted by Gasteiger charge is -2.10. The molecule has 112 valence electrons. The van der Waals surface area contributed by atoms with Crippen molar-refractivity contribution in [2.45, 2.75) is 11.3 Å². The van der Waals surface area contributed by atoms with Crippen LogP contribution in [-0.2, 0) is 9.84 Å². The summed E-state index contributed by atoms with van der Waals surface area (Å²) in [5.74, 6) is 0. The van der Waals surface area contributed by atoms with Crippen molar-refractivity contribution in [2.24, 2.45) is 0 Å². The molecule has 1 aliphatic carbocycles. The highest BCUT2D eigenvalue weighted by molar-refractivity contribution is 7.90. The second-order valence-electron chi connectivity index (χ2n) is 5.14. The van der Waals surface area contributed by atoms with Gasteiger partial charge in [0.05, 0.1) is 4.90 Å². The maximum Gasteiger partial charge on any atom is 0.175 e. The van der Waals surface area contributed by atoms with Crippen molar-refractivity contribution in [2.75, 3.05) is 6.26 Å². The van der Waals surface area contributed by atoms with E-state index in [2.05, 4.69) is 17.1 Å². The third-order valence-corrected chi connectivity index (χ3v) is 4.92. The summed E-state index contributed by atoms with van der Waals surface area (Å²) in [4.78, 5) is 4.44. The van der Waals surface area contributed by atoms with Crippen LogP contribution >= 0.6 is 11.6 Å². The maximum absolute atomic E-state index is 11.5. The van der Waals surface area contributed by atoms with Gasteiger partial charge in [0.1, 0.15) is 5.15 Å². The zero-order chi connectivity index (χ0) is 15.7. The van der Waals surface area contributed by atoms with Crippen LogP contribution < -0.4 is 0 Å². The van der Waals surface area contributed by atoms with E-state index in [4.69, 9.17) is 11.6 Å². The second kappa shape index (κ2) is 5.71. The van der Waals surface area contributed by atoms with Gasteiger partial charge >= 0.3 is 0 Å². The van der Waals surface area contributed by atoms with Crippen LogP contribution in [0.15, 0.2) is 59.6 Å². The molecule has 0 saturated carbocycles. The number of hydrogen-bond acceptors (Lipinski definition) is 3. The fraction of sp³-hybridized carbons (Fsp3) is 0.118. The Balaban J connectivity index is 1.95. The Morgan fingerprint density at radius 1 is 0.955 bits per heavy atom. The van der Waals surface area contributed by atoms with Crippen LogP contribution in [0.25, 0.3) is 11.1 Å². The van der Waals surface area contributed by atoms with E-state index in [0.29, 0.717) is 10.0 Å². The lowest BCUT2D eigenvalue weighted by molar-refractivity contribution is 0.602. The normalized spacial score (nSPS) is 14.6. The molecule has 0 unspecified atom stereocenters. The first-order chi connectivity index (χ1) is 10.4. The Hall–Kier alpha value is -1.91. The molecule has 1 aliphatic rings. The molecule has 0 spiro atoms. The van der Waals surface area contributed by atoms with Crippen molar-refractivity contribution in [1.82, 2.24) is 4.98 Å². The van der Waals surface area contributed by atoms with Crippen molar-refractivity contribution in [3.8, 4) is 0 Å². The number of nitrogens with zero attached hydrogens (tertiary/aromatic N) is 1. The van der Waals surface area contributed by atoms with Crippen LogP contribution in [-0.4, -0.2) is 19.7 Å². The summed E-state index contributed by atoms with van der Waals surface area (Å²) in [6, 6.07) is 10.7. The first-order valence-electron chi connectivity index (χ1n) is 6.78. The van der Waals surface area contributed by atoms with Crippen LogP contribution in [0.5, 0.6) is 0 Å². The summed E-state index contributed by atoms with van der Waals surface area (Å²) in [5.41, 5.74) is 4.17. The van der Waals surface area contributed by atoms with E-state index in [1.54, 1.807) is 24.4 Å². The molecule has 0 N–H and O–H groups in total. The molecule has 1 aromatic heterocycles. The molecule has 0 bridgehead atoms. The summed E-state index contributed by atoms with van der Waals surface area (Å²) >= 11 is 5.83. The highest BCUT2D eigenvalue weighted by atomic mass is 35.5. The Bertz CT molecular complexity index is 864. The van der Waals surface area contributed by atoms with Crippen molar-refractivity contribution in [1.29, 1.82) is 0 Å². The molecule has 0 aliphatic heterocycles. The largest absolute Gasteiger partial charge is 0.244 e. The minimum absolute atomic E-state index is 0.327. The van der Waals surface area contributed by atoms with Crippen molar-refractivity contribution < 1.29 is 8.42 Å². The monoisotopic (exact) mass is 331 g/mol. The predicted octanol–water partition coefficient (Wildman–Crippen LogP) is 4.01. The number of aromatic nitrogens is 1. The molecule has 0 radical (unpaired) electrons. The number of allylic oxidation sites excluding steroid dienone is 4. The molecule has 3 rings (SSSR count). The van der Waals surface area contributed by atoms with Crippen LogP contribution in [0.1, 0.15) is 17.5 Å². The number of sulfone groups is 1. The molecule has 1 heterocycles. The molecule has 0 atom stereocenters. The number of rotatable bonds is 3. The number of halogens is 1. The highest BCUT2D eigenvalue weighted by Gasteiger charge is 2.15. The van der Waals surface area contributed by atoms with Gasteiger partial charge in [-0.2, -0.15) is 0 Å². The van der Waals surface area contributed by atoms with Gasteiger partial charge in [-0.25, -0.2) is 13.4 Å². The predicted molar refractivity (Wildman–Crippen MR) is 89.4 cm³/mol. The van der Waals surface area contributed by atoms with Gasteiger partial charge in [0.2, 0.25) is 0 Å². The standard InChI is InChI=1S/C17H14ClNO2S/c1-22(20,21)14-8-5-12(6-9-14)15-3-2-4-16(15)13-7-10-17(18)19-11-13/h3-11H,2H2,1H3. The Morgan fingerprint density at radius 2 is 1.55 bits per heavy atom. The lowest BCUT2D eigenvalue weighted by atomic mass is 9.96. The maximum atomic E-state index is 11.5. The lowest BCUT2D eigenvalue weighted by Crippen LogP contribution is -1.97. The summed E-state index contributed by atoms with van der Waals surface area (Å²) in [5, 5.41) is 0.463. The molecule has 3 nitrogen and oxygen atoms in total. The third kappa shape index (κ3) is 2.98. The molecule has 1 aromatic carbocycles. The first kappa shape index (κ1) is 15.0. The average Bonchev–Trinajstić information content (AvgIpc) is 2.97. The fourth-order valence-electron chi connectivity index (χ4n) is 2.48. The summed E-state index contributed by atoms with van der Waals surface area (Å²) in [6.45, 7) is 0. The fourth-order valence-corrected chi connectivity index (χ4v) is 3.22. The zero-order valence-corrected chi connectivity index (χ0v) is 13.5. The minimum atomic E-state index is -3.17. The Labute approximate surface area is 134 Å². The van der Waals surface area contributed by atoms with Gasteiger partial charge in [-0.1, -0.05) is 35.9 Å². The van der Waals surface area contributed by atoms with Crippen LogP contribution in [0, 0.1) is 0 Å². The minimum Gasteiger partial charge on any atom is -0.244 e. The van der Waals surface area contributed by atoms with Gasteiger partial charge in [0, 0.05) is 18.0 Å². The summed E-state index contributed by atoms with van der Waals surface area (Å²) in [7, 11) is -3.17. The topological polar surface area (TPSA) is 47.0 Å². The number of hydrogen-bond donors (Lipinski definition) is 0. The van der Waals surface area contributed by atoms with E-state index in [9.17, 15) is 8.42 Å². The molecule has 2 aromatic rings. The number of benzene rings is 1. The van der Waals surface area contributed by atoms with E-state index in [0.717, 1.165) is 28.7 Å². The van der Waals surface area contributed by atoms with E-state index in [-0.39, 0.29) is 0 Å². The summed E-state index contributed by atoms with van der Waals surface area (Å²) in [6.07, 6.45) is 8.06. The van der Waals surface area contributed by atoms with E-state index in [1.807, 2.05) is 18.2 Å². The van der Waals surface area contributed by atoms with Gasteiger partial charge < -0.3 is 0 Å². The SMILES string of the molecule is CS(=O)(=O)c1ccc(C2=CCC=C2c2ccc(Cl)nc2)cc1. The first-order valence-corrected chi connectivity index (χ1v) is 9.05. The molecular formula is C17H14ClNO2S. The smallest absolute Gasteiger partial charge is 0.175 e. The van der Waals surface area contributed by atoms with Gasteiger partial charge in [0.25, 0.3) is 0 Å². The van der Waals surface area contributed by atoms with Crippen LogP contribution in [0.4, 0.5) is 0 Å². The van der Waals surface area contributed by atoms with Gasteiger partial charge in [0.15, 0.2) is 9.84 Å². The Kier molecular flexibility index (Phi) is 3.89. The molecule has 0 saturated heterocycles. The van der Waals surface area contributed by atoms with E-state index in [1.165, 1.54) is 6.26 Å². The molecular weight excluding hydrogens is 318 g/mol. The van der Waals surface area contributed by atoms with Crippen LogP contribution in [0.2, 0.25) is 5.15 Å². The van der Waals surface area contributed by atoms with Gasteiger partial charge in [-0.3, -0.25) is 0 Å².